The van der Waals surface area contributed by atoms with Gasteiger partial charge in [0.1, 0.15) is 5.58 Å². The van der Waals surface area contributed by atoms with E-state index < -0.39 is 0 Å². The molecule has 0 N–H and O–H groups in total. The molecule has 12 rings (SSSR count). The molecule has 0 aliphatic carbocycles. The molecular weight excluding hydrogens is 685 g/mol. The average Bonchev–Trinajstić information content (AvgIpc) is 3.84. The Morgan fingerprint density at radius 1 is 0.357 bits per heavy atom. The molecule has 56 heavy (non-hydrogen) atoms. The molecule has 0 saturated carbocycles. The highest BCUT2D eigenvalue weighted by Gasteiger charge is 2.25. The first-order chi connectivity index (χ1) is 27.8. The molecule has 0 radical (unpaired) electrons. The van der Waals surface area contributed by atoms with E-state index in [9.17, 15) is 0 Å². The molecule has 0 aliphatic heterocycles. The van der Waals surface area contributed by atoms with Gasteiger partial charge in [-0.3, -0.25) is 0 Å². The van der Waals surface area contributed by atoms with Crippen molar-refractivity contribution in [2.45, 2.75) is 0 Å². The topological polar surface area (TPSA) is 56.7 Å². The minimum Gasteiger partial charge on any atom is -0.454 e. The average molecular weight is 715 g/mol. The molecule has 3 aromatic heterocycles. The van der Waals surface area contributed by atoms with Gasteiger partial charge in [0.2, 0.25) is 0 Å². The molecule has 0 bridgehead atoms. The zero-order valence-corrected chi connectivity index (χ0v) is 30.0. The Kier molecular flexibility index (Phi) is 6.56. The molecule has 5 nitrogen and oxygen atoms in total. The lowest BCUT2D eigenvalue weighted by Gasteiger charge is -2.13. The summed E-state index contributed by atoms with van der Waals surface area (Å²) in [5.74, 6) is 1.82. The SMILES string of the molecule is c1ccc(-c2nc(-c3ccccc3)nc(-c3ccc(-n4c5ccc6ccccc6c5c5c6ccccc6ccc54)c4oc5ccc6ccccc6c5c34)n2)cc1. The van der Waals surface area contributed by atoms with Crippen LogP contribution in [0.2, 0.25) is 0 Å². The quantitative estimate of drug-likeness (QED) is 0.182. The van der Waals surface area contributed by atoms with E-state index in [4.69, 9.17) is 19.4 Å². The maximum Gasteiger partial charge on any atom is 0.164 e. The van der Waals surface area contributed by atoms with Crippen molar-refractivity contribution in [1.82, 2.24) is 19.5 Å². The van der Waals surface area contributed by atoms with Crippen LogP contribution >= 0.6 is 0 Å². The van der Waals surface area contributed by atoms with E-state index in [0.717, 1.165) is 66.1 Å². The third-order valence-corrected chi connectivity index (χ3v) is 11.2. The lowest BCUT2D eigenvalue weighted by atomic mass is 9.99. The maximum absolute atomic E-state index is 7.09. The first-order valence-corrected chi connectivity index (χ1v) is 18.9. The van der Waals surface area contributed by atoms with Gasteiger partial charge in [0.05, 0.1) is 16.7 Å². The van der Waals surface area contributed by atoms with Crippen LogP contribution in [0, 0.1) is 0 Å². The van der Waals surface area contributed by atoms with Gasteiger partial charge in [0.15, 0.2) is 23.1 Å². The Bertz CT molecular complexity index is 3380. The van der Waals surface area contributed by atoms with Gasteiger partial charge in [-0.1, -0.05) is 152 Å². The van der Waals surface area contributed by atoms with E-state index in [-0.39, 0.29) is 0 Å². The number of hydrogen-bond acceptors (Lipinski definition) is 4. The van der Waals surface area contributed by atoms with Gasteiger partial charge >= 0.3 is 0 Å². The molecule has 0 spiro atoms. The predicted molar refractivity (Wildman–Crippen MR) is 230 cm³/mol. The van der Waals surface area contributed by atoms with Crippen LogP contribution in [0.1, 0.15) is 0 Å². The predicted octanol–water partition coefficient (Wildman–Crippen LogP) is 13.3. The van der Waals surface area contributed by atoms with Crippen molar-refractivity contribution in [2.75, 3.05) is 0 Å². The fraction of sp³-hybridized carbons (Fsp3) is 0. The van der Waals surface area contributed by atoms with Crippen molar-refractivity contribution < 1.29 is 4.42 Å². The Morgan fingerprint density at radius 3 is 1.38 bits per heavy atom. The van der Waals surface area contributed by atoms with E-state index in [1.54, 1.807) is 0 Å². The third kappa shape index (κ3) is 4.52. The van der Waals surface area contributed by atoms with Gasteiger partial charge < -0.3 is 8.98 Å². The van der Waals surface area contributed by atoms with Gasteiger partial charge in [-0.2, -0.15) is 0 Å². The highest BCUT2D eigenvalue weighted by Crippen LogP contribution is 2.46. The van der Waals surface area contributed by atoms with Crippen molar-refractivity contribution >= 4 is 76.1 Å². The van der Waals surface area contributed by atoms with E-state index in [0.29, 0.717) is 17.5 Å². The Balaban J connectivity index is 1.24. The first-order valence-electron chi connectivity index (χ1n) is 18.9. The zero-order valence-electron chi connectivity index (χ0n) is 30.0. The van der Waals surface area contributed by atoms with Crippen molar-refractivity contribution in [1.29, 1.82) is 0 Å². The Morgan fingerprint density at radius 2 is 0.821 bits per heavy atom. The Labute approximate surface area is 320 Å². The van der Waals surface area contributed by atoms with Crippen LogP contribution in [0.4, 0.5) is 0 Å². The third-order valence-electron chi connectivity index (χ3n) is 11.2. The smallest absolute Gasteiger partial charge is 0.164 e. The summed E-state index contributed by atoms with van der Waals surface area (Å²) >= 11 is 0. The summed E-state index contributed by atoms with van der Waals surface area (Å²) < 4.78 is 9.48. The lowest BCUT2D eigenvalue weighted by molar-refractivity contribution is 0.666. The largest absolute Gasteiger partial charge is 0.454 e. The number of rotatable bonds is 4. The number of furan rings is 1. The monoisotopic (exact) mass is 714 g/mol. The lowest BCUT2D eigenvalue weighted by Crippen LogP contribution is -2.01. The number of aromatic nitrogens is 4. The summed E-state index contributed by atoms with van der Waals surface area (Å²) in [6.07, 6.45) is 0. The van der Waals surface area contributed by atoms with E-state index >= 15 is 0 Å². The maximum atomic E-state index is 7.09. The van der Waals surface area contributed by atoms with Crippen molar-refractivity contribution in [3.05, 3.63) is 182 Å². The minimum absolute atomic E-state index is 0.587. The second-order valence-corrected chi connectivity index (χ2v) is 14.3. The Hall–Kier alpha value is -7.63. The summed E-state index contributed by atoms with van der Waals surface area (Å²) in [7, 11) is 0. The highest BCUT2D eigenvalue weighted by atomic mass is 16.3. The van der Waals surface area contributed by atoms with Crippen LogP contribution in [0.15, 0.2) is 186 Å². The van der Waals surface area contributed by atoms with Gasteiger partial charge in [0, 0.05) is 38.2 Å². The molecule has 0 atom stereocenters. The molecule has 0 saturated heterocycles. The first kappa shape index (κ1) is 30.8. The molecule has 9 aromatic carbocycles. The standard InChI is InChI=1S/C51H30N4O/c1-3-16-34(17-4-1)49-52-50(35-18-5-2-6-19-35)54-51(53-49)39-26-29-42(48-47(39)46-38-22-12-9-15-33(38)25-30-43(46)56-48)55-40-27-23-31-13-7-10-20-36(31)44(40)45-37-21-11-8-14-32(37)24-28-41(45)55/h1-30H. The molecule has 0 aliphatic rings. The van der Waals surface area contributed by atoms with E-state index in [2.05, 4.69) is 126 Å². The van der Waals surface area contributed by atoms with Crippen LogP contribution in [-0.4, -0.2) is 19.5 Å². The number of fused-ring (bicyclic) bond motifs is 12. The van der Waals surface area contributed by atoms with E-state index in [1.165, 1.54) is 32.3 Å². The van der Waals surface area contributed by atoms with Gasteiger partial charge in [0.25, 0.3) is 0 Å². The molecule has 0 amide bonds. The second-order valence-electron chi connectivity index (χ2n) is 14.3. The van der Waals surface area contributed by atoms with Crippen LogP contribution in [-0.2, 0) is 0 Å². The molecule has 0 unspecified atom stereocenters. The summed E-state index contributed by atoms with van der Waals surface area (Å²) in [5.41, 5.74) is 7.51. The summed E-state index contributed by atoms with van der Waals surface area (Å²) in [4.78, 5) is 15.4. The fourth-order valence-corrected chi connectivity index (χ4v) is 8.73. The molecular formula is C51H30N4O. The van der Waals surface area contributed by atoms with Gasteiger partial charge in [-0.05, 0) is 62.6 Å². The number of benzene rings is 9. The zero-order chi connectivity index (χ0) is 36.7. The molecule has 12 aromatic rings. The highest BCUT2D eigenvalue weighted by molar-refractivity contribution is 6.29. The van der Waals surface area contributed by atoms with Gasteiger partial charge in [-0.15, -0.1) is 0 Å². The number of nitrogens with zero attached hydrogens (tertiary/aromatic N) is 4. The minimum atomic E-state index is 0.587. The summed E-state index contributed by atoms with van der Waals surface area (Å²) in [5, 5.41) is 11.6. The van der Waals surface area contributed by atoms with Gasteiger partial charge in [-0.25, -0.2) is 15.0 Å². The summed E-state index contributed by atoms with van der Waals surface area (Å²) in [6, 6.07) is 63.7. The second kappa shape index (κ2) is 11.9. The fourth-order valence-electron chi connectivity index (χ4n) is 8.73. The molecule has 3 heterocycles. The molecule has 260 valence electrons. The normalized spacial score (nSPS) is 11.9. The van der Waals surface area contributed by atoms with Crippen molar-refractivity contribution in [3.8, 4) is 39.9 Å². The molecule has 5 heteroatoms. The van der Waals surface area contributed by atoms with E-state index in [1.807, 2.05) is 60.7 Å². The van der Waals surface area contributed by atoms with Crippen molar-refractivity contribution in [2.24, 2.45) is 0 Å². The summed E-state index contributed by atoms with van der Waals surface area (Å²) in [6.45, 7) is 0. The van der Waals surface area contributed by atoms with Crippen LogP contribution < -0.4 is 0 Å². The van der Waals surface area contributed by atoms with Crippen molar-refractivity contribution in [3.63, 3.8) is 0 Å². The number of hydrogen-bond donors (Lipinski definition) is 0. The van der Waals surface area contributed by atoms with Crippen LogP contribution in [0.5, 0.6) is 0 Å². The van der Waals surface area contributed by atoms with Crippen LogP contribution in [0.3, 0.4) is 0 Å². The molecule has 0 fully saturated rings. The van der Waals surface area contributed by atoms with Crippen LogP contribution in [0.25, 0.3) is 116 Å².